The first-order valence-electron chi connectivity index (χ1n) is 6.57. The maximum atomic E-state index is 11.0. The van der Waals surface area contributed by atoms with E-state index in [0.717, 1.165) is 32.0 Å². The lowest BCUT2D eigenvalue weighted by Gasteiger charge is -2.42. The fourth-order valence-corrected chi connectivity index (χ4v) is 2.33. The molecule has 2 heterocycles. The second-order valence-electron chi connectivity index (χ2n) is 5.85. The van der Waals surface area contributed by atoms with E-state index in [1.165, 1.54) is 6.07 Å². The summed E-state index contributed by atoms with van der Waals surface area (Å²) in [5, 5.41) is 9.00. The molecule has 1 fully saturated rings. The molecule has 0 saturated carbocycles. The summed E-state index contributed by atoms with van der Waals surface area (Å²) in [6, 6.07) is 3.17. The Morgan fingerprint density at radius 1 is 1.26 bits per heavy atom. The summed E-state index contributed by atoms with van der Waals surface area (Å²) in [6.07, 6.45) is 1.56. The van der Waals surface area contributed by atoms with Crippen molar-refractivity contribution < 1.29 is 9.90 Å². The van der Waals surface area contributed by atoms with Crippen LogP contribution in [0.25, 0.3) is 0 Å². The quantitative estimate of drug-likeness (QED) is 0.880. The van der Waals surface area contributed by atoms with E-state index in [1.807, 2.05) is 0 Å². The van der Waals surface area contributed by atoms with E-state index < -0.39 is 5.97 Å². The fraction of sp³-hybridized carbons (Fsp3) is 0.571. The van der Waals surface area contributed by atoms with Gasteiger partial charge < -0.3 is 10.0 Å². The number of pyridine rings is 1. The molecule has 0 spiro atoms. The molecule has 5 nitrogen and oxygen atoms in total. The van der Waals surface area contributed by atoms with E-state index >= 15 is 0 Å². The standard InChI is InChI=1S/C14H21N3O2/c1-14(2,3)17-8-6-16(7-9-17)12-10-11(13(18)19)4-5-15-12/h4-5,10H,6-9H2,1-3H3,(H,18,19). The van der Waals surface area contributed by atoms with Gasteiger partial charge in [-0.05, 0) is 32.9 Å². The molecule has 2 rings (SSSR count). The van der Waals surface area contributed by atoms with Crippen LogP contribution >= 0.6 is 0 Å². The van der Waals surface area contributed by atoms with Crippen LogP contribution in [-0.2, 0) is 0 Å². The van der Waals surface area contributed by atoms with Gasteiger partial charge >= 0.3 is 5.97 Å². The molecule has 1 aliphatic rings. The van der Waals surface area contributed by atoms with Crippen molar-refractivity contribution in [3.05, 3.63) is 23.9 Å². The molecular formula is C14H21N3O2. The van der Waals surface area contributed by atoms with Crippen LogP contribution in [0.2, 0.25) is 0 Å². The Bertz CT molecular complexity index is 460. The monoisotopic (exact) mass is 263 g/mol. The van der Waals surface area contributed by atoms with Crippen molar-refractivity contribution in [2.45, 2.75) is 26.3 Å². The predicted molar refractivity (Wildman–Crippen MR) is 74.7 cm³/mol. The van der Waals surface area contributed by atoms with E-state index in [9.17, 15) is 4.79 Å². The van der Waals surface area contributed by atoms with E-state index in [1.54, 1.807) is 12.3 Å². The summed E-state index contributed by atoms with van der Waals surface area (Å²) in [6.45, 7) is 10.4. The Kier molecular flexibility index (Phi) is 3.75. The van der Waals surface area contributed by atoms with Crippen molar-refractivity contribution in [2.75, 3.05) is 31.1 Å². The summed E-state index contributed by atoms with van der Waals surface area (Å²) >= 11 is 0. The van der Waals surface area contributed by atoms with Crippen molar-refractivity contribution in [3.63, 3.8) is 0 Å². The third-order valence-corrected chi connectivity index (χ3v) is 3.54. The zero-order chi connectivity index (χ0) is 14.0. The number of anilines is 1. The third kappa shape index (κ3) is 3.23. The molecule has 0 amide bonds. The maximum absolute atomic E-state index is 11.0. The van der Waals surface area contributed by atoms with Gasteiger partial charge in [-0.2, -0.15) is 0 Å². The van der Waals surface area contributed by atoms with Gasteiger partial charge in [-0.1, -0.05) is 0 Å². The second-order valence-corrected chi connectivity index (χ2v) is 5.85. The Labute approximate surface area is 113 Å². The van der Waals surface area contributed by atoms with Crippen molar-refractivity contribution in [1.29, 1.82) is 0 Å². The number of aromatic carboxylic acids is 1. The summed E-state index contributed by atoms with van der Waals surface area (Å²) in [7, 11) is 0. The lowest BCUT2D eigenvalue weighted by molar-refractivity contribution is 0.0697. The highest BCUT2D eigenvalue weighted by Crippen LogP contribution is 2.19. The maximum Gasteiger partial charge on any atom is 0.335 e. The number of nitrogens with zero attached hydrogens (tertiary/aromatic N) is 3. The Morgan fingerprint density at radius 2 is 1.89 bits per heavy atom. The highest BCUT2D eigenvalue weighted by Gasteiger charge is 2.26. The third-order valence-electron chi connectivity index (χ3n) is 3.54. The summed E-state index contributed by atoms with van der Waals surface area (Å²) < 4.78 is 0. The molecule has 0 aliphatic carbocycles. The molecule has 5 heteroatoms. The molecule has 0 aromatic carbocycles. The first-order chi connectivity index (χ1) is 8.88. The summed E-state index contributed by atoms with van der Waals surface area (Å²) in [4.78, 5) is 19.8. The lowest BCUT2D eigenvalue weighted by atomic mass is 10.0. The number of aromatic nitrogens is 1. The molecule has 104 valence electrons. The smallest absolute Gasteiger partial charge is 0.335 e. The fourth-order valence-electron chi connectivity index (χ4n) is 2.33. The van der Waals surface area contributed by atoms with Gasteiger partial charge in [-0.15, -0.1) is 0 Å². The molecule has 1 saturated heterocycles. The molecule has 0 atom stereocenters. The van der Waals surface area contributed by atoms with E-state index in [4.69, 9.17) is 5.11 Å². The first-order valence-corrected chi connectivity index (χ1v) is 6.57. The normalized spacial score (nSPS) is 17.5. The Morgan fingerprint density at radius 3 is 2.42 bits per heavy atom. The van der Waals surface area contributed by atoms with Gasteiger partial charge in [0.25, 0.3) is 0 Å². The van der Waals surface area contributed by atoms with Crippen molar-refractivity contribution in [2.24, 2.45) is 0 Å². The van der Waals surface area contributed by atoms with Crippen LogP contribution in [0.1, 0.15) is 31.1 Å². The van der Waals surface area contributed by atoms with Gasteiger partial charge in [0.15, 0.2) is 0 Å². The van der Waals surface area contributed by atoms with Crippen molar-refractivity contribution >= 4 is 11.8 Å². The van der Waals surface area contributed by atoms with E-state index in [2.05, 4.69) is 35.6 Å². The molecule has 0 unspecified atom stereocenters. The van der Waals surface area contributed by atoms with Crippen LogP contribution < -0.4 is 4.90 Å². The van der Waals surface area contributed by atoms with Crippen molar-refractivity contribution in [1.82, 2.24) is 9.88 Å². The van der Waals surface area contributed by atoms with E-state index in [0.29, 0.717) is 5.56 Å². The minimum absolute atomic E-state index is 0.183. The SMILES string of the molecule is CC(C)(C)N1CCN(c2cc(C(=O)O)ccn2)CC1. The molecular weight excluding hydrogens is 242 g/mol. The van der Waals surface area contributed by atoms with Crippen LogP contribution in [0.15, 0.2) is 18.3 Å². The highest BCUT2D eigenvalue weighted by molar-refractivity contribution is 5.88. The number of carboxylic acid groups (broad SMARTS) is 1. The minimum atomic E-state index is -0.906. The highest BCUT2D eigenvalue weighted by atomic mass is 16.4. The number of hydrogen-bond donors (Lipinski definition) is 1. The number of piperazine rings is 1. The van der Waals surface area contributed by atoms with Crippen LogP contribution in [0.3, 0.4) is 0 Å². The average Bonchev–Trinajstić information content (AvgIpc) is 2.38. The van der Waals surface area contributed by atoms with Crippen LogP contribution in [0.4, 0.5) is 5.82 Å². The van der Waals surface area contributed by atoms with Gasteiger partial charge in [0.05, 0.1) is 5.56 Å². The molecule has 1 aromatic rings. The molecule has 0 bridgehead atoms. The number of carbonyl (C=O) groups is 1. The average molecular weight is 263 g/mol. The minimum Gasteiger partial charge on any atom is -0.478 e. The Balaban J connectivity index is 2.05. The topological polar surface area (TPSA) is 56.7 Å². The number of rotatable bonds is 2. The molecule has 1 aromatic heterocycles. The lowest BCUT2D eigenvalue weighted by Crippen LogP contribution is -2.53. The van der Waals surface area contributed by atoms with Gasteiger partial charge in [0.1, 0.15) is 5.82 Å². The Hall–Kier alpha value is -1.62. The largest absolute Gasteiger partial charge is 0.478 e. The first kappa shape index (κ1) is 13.8. The van der Waals surface area contributed by atoms with E-state index in [-0.39, 0.29) is 5.54 Å². The van der Waals surface area contributed by atoms with Crippen LogP contribution in [0, 0.1) is 0 Å². The van der Waals surface area contributed by atoms with Crippen LogP contribution in [-0.4, -0.2) is 52.7 Å². The van der Waals surface area contributed by atoms with Crippen molar-refractivity contribution in [3.8, 4) is 0 Å². The summed E-state index contributed by atoms with van der Waals surface area (Å²) in [5.41, 5.74) is 0.478. The summed E-state index contributed by atoms with van der Waals surface area (Å²) in [5.74, 6) is -0.148. The second kappa shape index (κ2) is 5.17. The van der Waals surface area contributed by atoms with Gasteiger partial charge in [0, 0.05) is 37.9 Å². The van der Waals surface area contributed by atoms with Crippen LogP contribution in [0.5, 0.6) is 0 Å². The molecule has 1 aliphatic heterocycles. The molecule has 1 N–H and O–H groups in total. The van der Waals surface area contributed by atoms with Gasteiger partial charge in [-0.3, -0.25) is 4.90 Å². The zero-order valence-corrected chi connectivity index (χ0v) is 11.8. The zero-order valence-electron chi connectivity index (χ0n) is 11.8. The molecule has 19 heavy (non-hydrogen) atoms. The van der Waals surface area contributed by atoms with Gasteiger partial charge in [0.2, 0.25) is 0 Å². The molecule has 0 radical (unpaired) electrons. The number of hydrogen-bond acceptors (Lipinski definition) is 4. The predicted octanol–water partition coefficient (Wildman–Crippen LogP) is 1.70. The van der Waals surface area contributed by atoms with Gasteiger partial charge in [-0.25, -0.2) is 9.78 Å². The number of carboxylic acids is 1.